The first-order chi connectivity index (χ1) is 10.3. The topological polar surface area (TPSA) is 9.23 Å². The summed E-state index contributed by atoms with van der Waals surface area (Å²) in [6.07, 6.45) is 5.06. The molecule has 0 radical (unpaired) electrons. The van der Waals surface area contributed by atoms with Gasteiger partial charge in [-0.05, 0) is 37.0 Å². The molecule has 1 aliphatic heterocycles. The zero-order valence-corrected chi connectivity index (χ0v) is 22.8. The van der Waals surface area contributed by atoms with E-state index >= 15 is 0 Å². The lowest BCUT2D eigenvalue weighted by Crippen LogP contribution is -2.88. The summed E-state index contributed by atoms with van der Waals surface area (Å²) in [5.74, 6) is 0.531. The molecule has 1 rings (SSSR count). The second kappa shape index (κ2) is 6.32. The lowest BCUT2D eigenvalue weighted by Gasteiger charge is -2.69. The van der Waals surface area contributed by atoms with Gasteiger partial charge in [0.25, 0.3) is 0 Å². The molecule has 0 aromatic rings. The standard InChI is InChI=1S/C19H44OSi4/c1-17-15-14-16-24(22(8,9)10,23(11,12)13)19(17,18(2,3)4)20-21(5,6)7/h14-15,17H,16H2,1-13H3. The maximum absolute atomic E-state index is 7.43. The van der Waals surface area contributed by atoms with Gasteiger partial charge < -0.3 is 4.43 Å². The molecule has 0 aromatic heterocycles. The van der Waals surface area contributed by atoms with E-state index in [2.05, 4.69) is 98.8 Å². The Bertz CT molecular complexity index is 471. The fourth-order valence-corrected chi connectivity index (χ4v) is 60.4. The van der Waals surface area contributed by atoms with Gasteiger partial charge in [0.05, 0.1) is 12.3 Å². The zero-order valence-electron chi connectivity index (χ0n) is 18.8. The minimum absolute atomic E-state index is 0.0775. The molecule has 0 spiro atoms. The highest BCUT2D eigenvalue weighted by Crippen LogP contribution is 2.57. The van der Waals surface area contributed by atoms with Crippen LogP contribution in [0.15, 0.2) is 12.2 Å². The van der Waals surface area contributed by atoms with Gasteiger partial charge >= 0.3 is 0 Å². The molecule has 0 N–H and O–H groups in total. The van der Waals surface area contributed by atoms with Crippen LogP contribution in [0.2, 0.25) is 65.0 Å². The van der Waals surface area contributed by atoms with Crippen molar-refractivity contribution >= 4 is 30.6 Å². The molecule has 5 heteroatoms. The molecule has 2 unspecified atom stereocenters. The van der Waals surface area contributed by atoms with Crippen LogP contribution in [-0.4, -0.2) is 35.8 Å². The zero-order chi connectivity index (χ0) is 19.4. The molecule has 1 heterocycles. The van der Waals surface area contributed by atoms with Crippen LogP contribution < -0.4 is 0 Å². The van der Waals surface area contributed by atoms with E-state index in [1.807, 2.05) is 0 Å². The van der Waals surface area contributed by atoms with Gasteiger partial charge in [-0.2, -0.15) is 0 Å². The van der Waals surface area contributed by atoms with Crippen molar-refractivity contribution in [3.05, 3.63) is 12.2 Å². The van der Waals surface area contributed by atoms with E-state index in [0.29, 0.717) is 5.92 Å². The molecule has 0 saturated heterocycles. The first-order valence-electron chi connectivity index (χ1n) is 9.70. The normalized spacial score (nSPS) is 29.0. The quantitative estimate of drug-likeness (QED) is 0.379. The minimum Gasteiger partial charge on any atom is -0.414 e. The van der Waals surface area contributed by atoms with E-state index in [4.69, 9.17) is 4.43 Å². The number of hydrogen-bond acceptors (Lipinski definition) is 1. The third-order valence-corrected chi connectivity index (χ3v) is 48.3. The van der Waals surface area contributed by atoms with Crippen molar-refractivity contribution < 1.29 is 4.43 Å². The van der Waals surface area contributed by atoms with E-state index in [0.717, 1.165) is 0 Å². The molecule has 2 atom stereocenters. The molecular formula is C19H44OSi4. The Balaban J connectivity index is 3.98. The monoisotopic (exact) mass is 400 g/mol. The highest BCUT2D eigenvalue weighted by molar-refractivity contribution is 7.69. The molecule has 142 valence electrons. The van der Waals surface area contributed by atoms with Crippen molar-refractivity contribution in [2.45, 2.75) is 97.9 Å². The second-order valence-corrected chi connectivity index (χ2v) is 44.0. The Morgan fingerprint density at radius 2 is 1.33 bits per heavy atom. The predicted octanol–water partition coefficient (Wildman–Crippen LogP) is 6.65. The van der Waals surface area contributed by atoms with Crippen molar-refractivity contribution in [1.82, 2.24) is 0 Å². The molecule has 0 aromatic carbocycles. The van der Waals surface area contributed by atoms with E-state index in [9.17, 15) is 0 Å². The van der Waals surface area contributed by atoms with Crippen LogP contribution in [-0.2, 0) is 4.43 Å². The molecular weight excluding hydrogens is 357 g/mol. The predicted molar refractivity (Wildman–Crippen MR) is 122 cm³/mol. The average molecular weight is 401 g/mol. The second-order valence-electron chi connectivity index (χ2n) is 12.0. The Kier molecular flexibility index (Phi) is 5.96. The number of allylic oxidation sites excluding steroid dienone is 1. The smallest absolute Gasteiger partial charge is 0.184 e. The first-order valence-corrected chi connectivity index (χ1v) is 24.3. The summed E-state index contributed by atoms with van der Waals surface area (Å²) in [6.45, 7) is 33.1. The fraction of sp³-hybridized carbons (Fsp3) is 0.895. The molecule has 0 fully saturated rings. The summed E-state index contributed by atoms with van der Waals surface area (Å²) < 4.78 is 7.43. The Morgan fingerprint density at radius 1 is 0.917 bits per heavy atom. The molecule has 1 nitrogen and oxygen atoms in total. The van der Waals surface area contributed by atoms with E-state index < -0.39 is 30.6 Å². The highest BCUT2D eigenvalue weighted by atomic mass is 29.6. The van der Waals surface area contributed by atoms with Crippen LogP contribution in [0, 0.1) is 11.3 Å². The summed E-state index contributed by atoms with van der Waals surface area (Å²) in [7, 11) is -6.10. The van der Waals surface area contributed by atoms with Gasteiger partial charge in [0.15, 0.2) is 8.32 Å². The van der Waals surface area contributed by atoms with Gasteiger partial charge in [0, 0.05) is 15.2 Å². The molecule has 0 saturated carbocycles. The van der Waals surface area contributed by atoms with Crippen LogP contribution in [0.5, 0.6) is 0 Å². The van der Waals surface area contributed by atoms with Crippen molar-refractivity contribution in [3.63, 3.8) is 0 Å². The molecule has 1 aliphatic rings. The third kappa shape index (κ3) is 3.40. The lowest BCUT2D eigenvalue weighted by molar-refractivity contribution is -0.00275. The van der Waals surface area contributed by atoms with E-state index in [1.54, 1.807) is 0 Å². The maximum atomic E-state index is 7.43. The van der Waals surface area contributed by atoms with Gasteiger partial charge in [-0.3, -0.25) is 0 Å². The minimum atomic E-state index is -1.67. The van der Waals surface area contributed by atoms with E-state index in [-0.39, 0.29) is 10.6 Å². The van der Waals surface area contributed by atoms with Crippen molar-refractivity contribution in [1.29, 1.82) is 0 Å². The van der Waals surface area contributed by atoms with Crippen LogP contribution in [0.4, 0.5) is 0 Å². The largest absolute Gasteiger partial charge is 0.414 e. The SMILES string of the molecule is CC1C=CC[Si]([Si](C)(C)C)([Si](C)(C)C)C1(O[Si](C)(C)C)C(C)(C)C. The summed E-state index contributed by atoms with van der Waals surface area (Å²) in [6, 6.07) is 1.35. The summed E-state index contributed by atoms with van der Waals surface area (Å²) in [4.78, 5) is 0. The number of hydrogen-bond donors (Lipinski definition) is 0. The van der Waals surface area contributed by atoms with Crippen LogP contribution in [0.25, 0.3) is 0 Å². The fourth-order valence-electron chi connectivity index (χ4n) is 6.12. The van der Waals surface area contributed by atoms with E-state index in [1.165, 1.54) is 6.04 Å². The molecule has 24 heavy (non-hydrogen) atoms. The summed E-state index contributed by atoms with van der Waals surface area (Å²) in [5.41, 5.74) is 0.185. The Labute approximate surface area is 156 Å². The van der Waals surface area contributed by atoms with Crippen molar-refractivity contribution in [3.8, 4) is 0 Å². The summed E-state index contributed by atoms with van der Waals surface area (Å²) in [5, 5.41) is 0.0775. The molecule has 0 aliphatic carbocycles. The Hall–Kier alpha value is 0.568. The van der Waals surface area contributed by atoms with Gasteiger partial charge in [0.2, 0.25) is 0 Å². The van der Waals surface area contributed by atoms with Crippen LogP contribution >= 0.6 is 0 Å². The highest BCUT2D eigenvalue weighted by Gasteiger charge is 2.72. The van der Waals surface area contributed by atoms with Crippen molar-refractivity contribution in [2.75, 3.05) is 0 Å². The van der Waals surface area contributed by atoms with Crippen molar-refractivity contribution in [2.24, 2.45) is 11.3 Å². The molecule has 0 bridgehead atoms. The van der Waals surface area contributed by atoms with Gasteiger partial charge in [0.1, 0.15) is 0 Å². The average Bonchev–Trinajstić information content (AvgIpc) is 2.24. The maximum Gasteiger partial charge on any atom is 0.184 e. The van der Waals surface area contributed by atoms with Crippen LogP contribution in [0.3, 0.4) is 0 Å². The first kappa shape index (κ1) is 22.6. The lowest BCUT2D eigenvalue weighted by atomic mass is 9.80. The molecule has 0 amide bonds. The number of rotatable bonds is 4. The third-order valence-electron chi connectivity index (χ3n) is 6.27. The van der Waals surface area contributed by atoms with Gasteiger partial charge in [-0.15, -0.1) is 0 Å². The Morgan fingerprint density at radius 3 is 1.62 bits per heavy atom. The summed E-state index contributed by atoms with van der Waals surface area (Å²) >= 11 is 0. The van der Waals surface area contributed by atoms with Gasteiger partial charge in [-0.1, -0.05) is 79.1 Å². The van der Waals surface area contributed by atoms with Gasteiger partial charge in [-0.25, -0.2) is 0 Å². The van der Waals surface area contributed by atoms with Crippen LogP contribution in [0.1, 0.15) is 27.7 Å².